The van der Waals surface area contributed by atoms with E-state index in [2.05, 4.69) is 0 Å². The van der Waals surface area contributed by atoms with Gasteiger partial charge >= 0.3 is 12.1 Å². The molecule has 7 nitrogen and oxygen atoms in total. The van der Waals surface area contributed by atoms with Crippen molar-refractivity contribution in [1.82, 2.24) is 9.80 Å². The molecule has 158 valence electrons. The molecular formula is C23H26N2O5. The summed E-state index contributed by atoms with van der Waals surface area (Å²) in [5.41, 5.74) is 4.40. The summed E-state index contributed by atoms with van der Waals surface area (Å²) in [6.45, 7) is 0.111. The lowest BCUT2D eigenvalue weighted by molar-refractivity contribution is -0.142. The first-order chi connectivity index (χ1) is 14.3. The van der Waals surface area contributed by atoms with E-state index in [-0.39, 0.29) is 31.3 Å². The number of carboxylic acids is 1. The smallest absolute Gasteiger partial charge is 0.410 e. The van der Waals surface area contributed by atoms with Gasteiger partial charge in [-0.2, -0.15) is 0 Å². The Morgan fingerprint density at radius 1 is 0.967 bits per heavy atom. The Labute approximate surface area is 175 Å². The molecule has 2 amide bonds. The van der Waals surface area contributed by atoms with Gasteiger partial charge in [0.15, 0.2) is 0 Å². The third-order valence-electron chi connectivity index (χ3n) is 5.51. The van der Waals surface area contributed by atoms with E-state index in [1.807, 2.05) is 48.5 Å². The van der Waals surface area contributed by atoms with Crippen LogP contribution in [-0.2, 0) is 14.3 Å². The van der Waals surface area contributed by atoms with Crippen LogP contribution >= 0.6 is 0 Å². The molecule has 1 aliphatic rings. The van der Waals surface area contributed by atoms with Crippen LogP contribution in [0.3, 0.4) is 0 Å². The minimum Gasteiger partial charge on any atom is -0.480 e. The molecule has 0 bridgehead atoms. The molecule has 30 heavy (non-hydrogen) atoms. The summed E-state index contributed by atoms with van der Waals surface area (Å²) in [5.74, 6) is -1.46. The molecule has 0 radical (unpaired) electrons. The number of carboxylic acid groups (broad SMARTS) is 1. The van der Waals surface area contributed by atoms with Crippen LogP contribution in [0.5, 0.6) is 0 Å². The van der Waals surface area contributed by atoms with Crippen molar-refractivity contribution in [2.75, 3.05) is 27.7 Å². The molecule has 2 aromatic carbocycles. The number of carbonyl (C=O) groups is 3. The van der Waals surface area contributed by atoms with E-state index in [1.54, 1.807) is 14.1 Å². The standard InChI is InChI=1S/C23H26N2O5/c1-24(2)21(26)13-12-20(22(27)28)25(3)23(29)30-14-19-17-10-6-4-8-15(17)16-9-5-7-11-18(16)19/h4-11,19-20H,12-14H2,1-3H3,(H,27,28). The zero-order valence-corrected chi connectivity index (χ0v) is 17.4. The van der Waals surface area contributed by atoms with E-state index in [4.69, 9.17) is 4.74 Å². The summed E-state index contributed by atoms with van der Waals surface area (Å²) in [4.78, 5) is 38.5. The number of aliphatic carboxylic acids is 1. The van der Waals surface area contributed by atoms with Gasteiger partial charge in [-0.1, -0.05) is 48.5 Å². The number of hydrogen-bond acceptors (Lipinski definition) is 4. The third kappa shape index (κ3) is 4.30. The monoisotopic (exact) mass is 410 g/mol. The van der Waals surface area contributed by atoms with E-state index in [0.717, 1.165) is 27.2 Å². The molecule has 0 saturated heterocycles. The maximum Gasteiger partial charge on any atom is 0.410 e. The van der Waals surface area contributed by atoms with E-state index in [9.17, 15) is 19.5 Å². The fourth-order valence-electron chi connectivity index (χ4n) is 3.79. The molecule has 1 atom stereocenters. The van der Waals surface area contributed by atoms with E-state index in [1.165, 1.54) is 11.9 Å². The molecule has 0 fully saturated rings. The van der Waals surface area contributed by atoms with Gasteiger partial charge in [0, 0.05) is 33.5 Å². The van der Waals surface area contributed by atoms with Crippen molar-refractivity contribution in [1.29, 1.82) is 0 Å². The minimum absolute atomic E-state index is 0.0209. The number of hydrogen-bond donors (Lipinski definition) is 1. The number of nitrogens with zero attached hydrogens (tertiary/aromatic N) is 2. The summed E-state index contributed by atoms with van der Waals surface area (Å²) >= 11 is 0. The highest BCUT2D eigenvalue weighted by Crippen LogP contribution is 2.44. The van der Waals surface area contributed by atoms with Gasteiger partial charge in [0.1, 0.15) is 12.6 Å². The number of likely N-dealkylation sites (N-methyl/N-ethyl adjacent to an activating group) is 1. The summed E-state index contributed by atoms with van der Waals surface area (Å²) < 4.78 is 5.52. The van der Waals surface area contributed by atoms with Gasteiger partial charge in [0.2, 0.25) is 5.91 Å². The molecule has 1 unspecified atom stereocenters. The zero-order valence-electron chi connectivity index (χ0n) is 17.4. The highest BCUT2D eigenvalue weighted by molar-refractivity contribution is 5.82. The average molecular weight is 410 g/mol. The summed E-state index contributed by atoms with van der Waals surface area (Å²) in [7, 11) is 4.60. The van der Waals surface area contributed by atoms with Crippen LogP contribution in [-0.4, -0.2) is 66.7 Å². The molecule has 2 aromatic rings. The maximum absolute atomic E-state index is 12.6. The van der Waals surface area contributed by atoms with Crippen LogP contribution in [0.1, 0.15) is 29.9 Å². The van der Waals surface area contributed by atoms with Crippen LogP contribution < -0.4 is 0 Å². The summed E-state index contributed by atoms with van der Waals surface area (Å²) in [5, 5.41) is 9.51. The fraction of sp³-hybridized carbons (Fsp3) is 0.348. The van der Waals surface area contributed by atoms with Gasteiger partial charge < -0.3 is 14.7 Å². The first-order valence-corrected chi connectivity index (χ1v) is 9.82. The quantitative estimate of drug-likeness (QED) is 0.758. The minimum atomic E-state index is -1.17. The molecule has 0 aliphatic heterocycles. The number of benzene rings is 2. The van der Waals surface area contributed by atoms with Crippen LogP contribution in [0.25, 0.3) is 11.1 Å². The van der Waals surface area contributed by atoms with Gasteiger partial charge in [-0.05, 0) is 28.7 Å². The second-order valence-corrected chi connectivity index (χ2v) is 7.60. The van der Waals surface area contributed by atoms with Gasteiger partial charge in [-0.15, -0.1) is 0 Å². The number of ether oxygens (including phenoxy) is 1. The summed E-state index contributed by atoms with van der Waals surface area (Å²) in [6.07, 6.45) is -0.667. The lowest BCUT2D eigenvalue weighted by Crippen LogP contribution is -2.43. The number of fused-ring (bicyclic) bond motifs is 3. The lowest BCUT2D eigenvalue weighted by atomic mass is 9.98. The van der Waals surface area contributed by atoms with E-state index < -0.39 is 18.1 Å². The van der Waals surface area contributed by atoms with Crippen LogP contribution in [0.2, 0.25) is 0 Å². The van der Waals surface area contributed by atoms with Crippen molar-refractivity contribution in [3.63, 3.8) is 0 Å². The number of rotatable bonds is 7. The largest absolute Gasteiger partial charge is 0.480 e. The highest BCUT2D eigenvalue weighted by atomic mass is 16.6. The molecule has 0 aromatic heterocycles. The Bertz CT molecular complexity index is 911. The Morgan fingerprint density at radius 3 is 2.00 bits per heavy atom. The molecule has 1 aliphatic carbocycles. The van der Waals surface area contributed by atoms with Crippen LogP contribution in [0.4, 0.5) is 4.79 Å². The van der Waals surface area contributed by atoms with Gasteiger partial charge in [-0.3, -0.25) is 9.69 Å². The van der Waals surface area contributed by atoms with Gasteiger partial charge in [0.25, 0.3) is 0 Å². The first-order valence-electron chi connectivity index (χ1n) is 9.82. The first kappa shape index (κ1) is 21.4. The topological polar surface area (TPSA) is 87.2 Å². The van der Waals surface area contributed by atoms with Crippen molar-refractivity contribution >= 4 is 18.0 Å². The second kappa shape index (κ2) is 8.98. The number of carbonyl (C=O) groups excluding carboxylic acids is 2. The number of amides is 2. The molecule has 0 spiro atoms. The molecule has 3 rings (SSSR count). The molecule has 1 N–H and O–H groups in total. The summed E-state index contributed by atoms with van der Waals surface area (Å²) in [6, 6.07) is 14.9. The Hall–Kier alpha value is -3.35. The maximum atomic E-state index is 12.6. The molecule has 7 heteroatoms. The van der Waals surface area contributed by atoms with Gasteiger partial charge in [-0.25, -0.2) is 9.59 Å². The average Bonchev–Trinajstić information content (AvgIpc) is 3.05. The molecule has 0 heterocycles. The molecular weight excluding hydrogens is 384 g/mol. The highest BCUT2D eigenvalue weighted by Gasteiger charge is 2.32. The SMILES string of the molecule is CN(C)C(=O)CCC(C(=O)O)N(C)C(=O)OCC1c2ccccc2-c2ccccc21. The zero-order chi connectivity index (χ0) is 21.8. The predicted octanol–water partition coefficient (Wildman–Crippen LogP) is 3.19. The van der Waals surface area contributed by atoms with Crippen LogP contribution in [0, 0.1) is 0 Å². The van der Waals surface area contributed by atoms with Gasteiger partial charge in [0.05, 0.1) is 0 Å². The van der Waals surface area contributed by atoms with Crippen molar-refractivity contribution in [3.8, 4) is 11.1 Å². The Balaban J connectivity index is 1.68. The van der Waals surface area contributed by atoms with E-state index in [0.29, 0.717) is 0 Å². The van der Waals surface area contributed by atoms with Crippen molar-refractivity contribution in [2.45, 2.75) is 24.8 Å². The van der Waals surface area contributed by atoms with Crippen molar-refractivity contribution in [3.05, 3.63) is 59.7 Å². The fourth-order valence-corrected chi connectivity index (χ4v) is 3.79. The lowest BCUT2D eigenvalue weighted by Gasteiger charge is -2.25. The molecule has 0 saturated carbocycles. The second-order valence-electron chi connectivity index (χ2n) is 7.60. The van der Waals surface area contributed by atoms with Crippen LogP contribution in [0.15, 0.2) is 48.5 Å². The van der Waals surface area contributed by atoms with Crippen molar-refractivity contribution in [2.24, 2.45) is 0 Å². The Kier molecular flexibility index (Phi) is 6.40. The Morgan fingerprint density at radius 2 is 1.50 bits per heavy atom. The predicted molar refractivity (Wildman–Crippen MR) is 112 cm³/mol. The normalized spacial score (nSPS) is 13.2. The van der Waals surface area contributed by atoms with E-state index >= 15 is 0 Å². The third-order valence-corrected chi connectivity index (χ3v) is 5.51. The van der Waals surface area contributed by atoms with Crippen molar-refractivity contribution < 1.29 is 24.2 Å².